The summed E-state index contributed by atoms with van der Waals surface area (Å²) in [4.78, 5) is 24.5. The number of benzene rings is 2. The van der Waals surface area contributed by atoms with E-state index in [2.05, 4.69) is 6.58 Å². The number of esters is 2. The third kappa shape index (κ3) is 6.81. The first-order chi connectivity index (χ1) is 14.6. The Labute approximate surface area is 176 Å². The molecule has 6 nitrogen and oxygen atoms in total. The highest BCUT2D eigenvalue weighted by Gasteiger charge is 2.22. The molecule has 0 saturated heterocycles. The Kier molecular flexibility index (Phi) is 9.18. The summed E-state index contributed by atoms with van der Waals surface area (Å²) in [7, 11) is 0. The van der Waals surface area contributed by atoms with E-state index in [1.54, 1.807) is 38.1 Å². The van der Waals surface area contributed by atoms with Gasteiger partial charge in [-0.05, 0) is 37.6 Å². The van der Waals surface area contributed by atoms with Crippen molar-refractivity contribution in [3.8, 4) is 11.5 Å². The summed E-state index contributed by atoms with van der Waals surface area (Å²) in [6.45, 7) is 7.90. The summed E-state index contributed by atoms with van der Waals surface area (Å²) in [5, 5.41) is 0. The van der Waals surface area contributed by atoms with Crippen LogP contribution in [-0.2, 0) is 25.7 Å². The van der Waals surface area contributed by atoms with Gasteiger partial charge < -0.3 is 18.9 Å². The molecule has 0 atom stereocenters. The maximum Gasteiger partial charge on any atom is 0.345 e. The average Bonchev–Trinajstić information content (AvgIpc) is 2.76. The number of hydrogen-bond acceptors (Lipinski definition) is 6. The van der Waals surface area contributed by atoms with Crippen LogP contribution in [-0.4, -0.2) is 31.8 Å². The molecule has 6 heteroatoms. The Bertz CT molecular complexity index is 866. The lowest BCUT2D eigenvalue weighted by molar-refractivity contribution is -0.146. The zero-order valence-electron chi connectivity index (χ0n) is 17.3. The first-order valence-corrected chi connectivity index (χ1v) is 9.69. The summed E-state index contributed by atoms with van der Waals surface area (Å²) < 4.78 is 21.5. The molecule has 0 spiro atoms. The van der Waals surface area contributed by atoms with Crippen molar-refractivity contribution < 1.29 is 28.5 Å². The van der Waals surface area contributed by atoms with E-state index >= 15 is 0 Å². The van der Waals surface area contributed by atoms with Crippen molar-refractivity contribution in [1.29, 1.82) is 0 Å². The van der Waals surface area contributed by atoms with Crippen LogP contribution in [0, 0.1) is 0 Å². The molecule has 0 saturated carbocycles. The molecule has 0 aromatic heterocycles. The molecular formula is C24H26O6. The standard InChI is InChI=1S/C24H26O6/c1-4-14-29-22-16-20(30-17-18-10-8-7-9-11-18)13-12-19(22)15-21(23(25)27-5-2)24(26)28-6-3/h4,7-13,15-16H,1,5-6,14,17H2,2-3H3. The van der Waals surface area contributed by atoms with Gasteiger partial charge in [-0.15, -0.1) is 0 Å². The normalized spacial score (nSPS) is 9.93. The van der Waals surface area contributed by atoms with E-state index in [0.29, 0.717) is 23.7 Å². The minimum Gasteiger partial charge on any atom is -0.489 e. The van der Waals surface area contributed by atoms with Gasteiger partial charge in [0.2, 0.25) is 0 Å². The summed E-state index contributed by atoms with van der Waals surface area (Å²) in [6, 6.07) is 14.9. The fourth-order valence-electron chi connectivity index (χ4n) is 2.51. The number of carbonyl (C=O) groups is 2. The molecule has 30 heavy (non-hydrogen) atoms. The molecule has 2 rings (SSSR count). The van der Waals surface area contributed by atoms with Gasteiger partial charge in [-0.3, -0.25) is 0 Å². The first kappa shape index (κ1) is 22.7. The van der Waals surface area contributed by atoms with Gasteiger partial charge in [-0.25, -0.2) is 9.59 Å². The number of carbonyl (C=O) groups excluding carboxylic acids is 2. The highest BCUT2D eigenvalue weighted by Crippen LogP contribution is 2.28. The van der Waals surface area contributed by atoms with E-state index in [4.69, 9.17) is 18.9 Å². The first-order valence-electron chi connectivity index (χ1n) is 9.69. The van der Waals surface area contributed by atoms with Crippen molar-refractivity contribution >= 4 is 18.0 Å². The van der Waals surface area contributed by atoms with Gasteiger partial charge in [0, 0.05) is 11.6 Å². The van der Waals surface area contributed by atoms with Crippen LogP contribution in [0.2, 0.25) is 0 Å². The molecule has 0 aliphatic carbocycles. The lowest BCUT2D eigenvalue weighted by atomic mass is 10.1. The van der Waals surface area contributed by atoms with E-state index in [1.165, 1.54) is 6.08 Å². The van der Waals surface area contributed by atoms with Crippen LogP contribution in [0.5, 0.6) is 11.5 Å². The van der Waals surface area contributed by atoms with Crippen molar-refractivity contribution in [3.05, 3.63) is 77.9 Å². The molecule has 0 fully saturated rings. The highest BCUT2D eigenvalue weighted by atomic mass is 16.6. The van der Waals surface area contributed by atoms with E-state index < -0.39 is 11.9 Å². The smallest absolute Gasteiger partial charge is 0.345 e. The lowest BCUT2D eigenvalue weighted by Gasteiger charge is -2.13. The zero-order chi connectivity index (χ0) is 21.8. The monoisotopic (exact) mass is 410 g/mol. The minimum absolute atomic E-state index is 0.141. The second kappa shape index (κ2) is 12.1. The van der Waals surface area contributed by atoms with Crippen molar-refractivity contribution in [2.45, 2.75) is 20.5 Å². The molecule has 2 aromatic carbocycles. The van der Waals surface area contributed by atoms with Crippen LogP contribution < -0.4 is 9.47 Å². The van der Waals surface area contributed by atoms with Crippen molar-refractivity contribution in [1.82, 2.24) is 0 Å². The average molecular weight is 410 g/mol. The highest BCUT2D eigenvalue weighted by molar-refractivity contribution is 6.17. The predicted molar refractivity (Wildman–Crippen MR) is 114 cm³/mol. The lowest BCUT2D eigenvalue weighted by Crippen LogP contribution is -2.18. The van der Waals surface area contributed by atoms with Gasteiger partial charge in [0.15, 0.2) is 0 Å². The zero-order valence-corrected chi connectivity index (χ0v) is 17.3. The van der Waals surface area contributed by atoms with Crippen LogP contribution in [0.25, 0.3) is 6.08 Å². The van der Waals surface area contributed by atoms with E-state index in [1.807, 2.05) is 30.3 Å². The van der Waals surface area contributed by atoms with Crippen molar-refractivity contribution in [2.24, 2.45) is 0 Å². The fourth-order valence-corrected chi connectivity index (χ4v) is 2.51. The Balaban J connectivity index is 2.33. The van der Waals surface area contributed by atoms with Crippen LogP contribution in [0.3, 0.4) is 0 Å². The van der Waals surface area contributed by atoms with Crippen molar-refractivity contribution in [2.75, 3.05) is 19.8 Å². The Morgan fingerprint density at radius 3 is 2.20 bits per heavy atom. The Morgan fingerprint density at radius 2 is 1.60 bits per heavy atom. The number of rotatable bonds is 11. The van der Waals surface area contributed by atoms with Crippen LogP contribution in [0.15, 0.2) is 66.8 Å². The number of hydrogen-bond donors (Lipinski definition) is 0. The molecule has 0 aliphatic heterocycles. The van der Waals surface area contributed by atoms with Crippen LogP contribution in [0.4, 0.5) is 0 Å². The topological polar surface area (TPSA) is 71.1 Å². The molecule has 158 valence electrons. The Morgan fingerprint density at radius 1 is 0.933 bits per heavy atom. The SMILES string of the molecule is C=CCOc1cc(OCc2ccccc2)ccc1C=C(C(=O)OCC)C(=O)OCC. The molecule has 0 aliphatic rings. The molecule has 0 amide bonds. The van der Waals surface area contributed by atoms with E-state index in [0.717, 1.165) is 5.56 Å². The second-order valence-corrected chi connectivity index (χ2v) is 6.07. The maximum atomic E-state index is 12.2. The van der Waals surface area contributed by atoms with Gasteiger partial charge in [0.1, 0.15) is 30.3 Å². The van der Waals surface area contributed by atoms with Gasteiger partial charge in [0.05, 0.1) is 13.2 Å². The molecular weight excluding hydrogens is 384 g/mol. The van der Waals surface area contributed by atoms with E-state index in [9.17, 15) is 9.59 Å². The minimum atomic E-state index is -0.755. The van der Waals surface area contributed by atoms with Gasteiger partial charge >= 0.3 is 11.9 Å². The summed E-state index contributed by atoms with van der Waals surface area (Å²) in [5.74, 6) is -0.486. The summed E-state index contributed by atoms with van der Waals surface area (Å²) in [6.07, 6.45) is 3.00. The largest absolute Gasteiger partial charge is 0.489 e. The maximum absolute atomic E-state index is 12.2. The predicted octanol–water partition coefficient (Wildman–Crippen LogP) is 4.34. The molecule has 0 N–H and O–H groups in total. The summed E-state index contributed by atoms with van der Waals surface area (Å²) in [5.41, 5.74) is 1.34. The molecule has 0 unspecified atom stereocenters. The Hall–Kier alpha value is -3.54. The third-order valence-electron chi connectivity index (χ3n) is 3.88. The molecule has 2 aromatic rings. The molecule has 0 heterocycles. The quantitative estimate of drug-likeness (QED) is 0.180. The van der Waals surface area contributed by atoms with Crippen molar-refractivity contribution in [3.63, 3.8) is 0 Å². The third-order valence-corrected chi connectivity index (χ3v) is 3.88. The second-order valence-electron chi connectivity index (χ2n) is 6.07. The fraction of sp³-hybridized carbons (Fsp3) is 0.250. The van der Waals surface area contributed by atoms with Gasteiger partial charge in [-0.2, -0.15) is 0 Å². The van der Waals surface area contributed by atoms with Gasteiger partial charge in [-0.1, -0.05) is 43.0 Å². The molecule has 0 bridgehead atoms. The van der Waals surface area contributed by atoms with Gasteiger partial charge in [0.25, 0.3) is 0 Å². The number of ether oxygens (including phenoxy) is 4. The van der Waals surface area contributed by atoms with Crippen LogP contribution >= 0.6 is 0 Å². The van der Waals surface area contributed by atoms with Crippen LogP contribution in [0.1, 0.15) is 25.0 Å². The van der Waals surface area contributed by atoms with E-state index in [-0.39, 0.29) is 25.4 Å². The molecule has 0 radical (unpaired) electrons. The summed E-state index contributed by atoms with van der Waals surface area (Å²) >= 11 is 0.